The lowest BCUT2D eigenvalue weighted by Crippen LogP contribution is -2.52. The maximum absolute atomic E-state index is 13.3. The lowest BCUT2D eigenvalue weighted by molar-refractivity contribution is -0.386. The Morgan fingerprint density at radius 1 is 1.09 bits per heavy atom. The monoisotopic (exact) mass is 463 g/mol. The van der Waals surface area contributed by atoms with E-state index in [2.05, 4.69) is 0 Å². The summed E-state index contributed by atoms with van der Waals surface area (Å²) >= 11 is 0. The van der Waals surface area contributed by atoms with Crippen molar-refractivity contribution in [3.05, 3.63) is 64.0 Å². The molecule has 1 aliphatic carbocycles. The number of hydrogen-bond donors (Lipinski definition) is 0. The Hall–Kier alpha value is -3.05. The van der Waals surface area contributed by atoms with Gasteiger partial charge in [0.15, 0.2) is 5.75 Å². The third-order valence-electron chi connectivity index (χ3n) is 6.07. The van der Waals surface area contributed by atoms with Gasteiger partial charge in [-0.2, -0.15) is 4.31 Å². The van der Waals surface area contributed by atoms with Crippen LogP contribution in [0.3, 0.4) is 0 Å². The summed E-state index contributed by atoms with van der Waals surface area (Å²) in [5.41, 5.74) is -0.326. The van der Waals surface area contributed by atoms with Gasteiger partial charge in [-0.05, 0) is 42.7 Å². The third kappa shape index (κ3) is 3.82. The number of nitro benzene ring substituents is 1. The minimum Gasteiger partial charge on any atom is -0.490 e. The highest BCUT2D eigenvalue weighted by molar-refractivity contribution is 7.89. The van der Waals surface area contributed by atoms with Crippen molar-refractivity contribution in [1.82, 2.24) is 9.21 Å². The number of carbonyl (C=O) groups is 1. The van der Waals surface area contributed by atoms with Gasteiger partial charge in [-0.25, -0.2) is 12.8 Å². The van der Waals surface area contributed by atoms with E-state index in [0.717, 1.165) is 11.6 Å². The van der Waals surface area contributed by atoms with E-state index in [4.69, 9.17) is 4.74 Å². The Balaban J connectivity index is 1.48. The van der Waals surface area contributed by atoms with Crippen LogP contribution in [0.4, 0.5) is 10.1 Å². The van der Waals surface area contributed by atoms with Gasteiger partial charge in [-0.1, -0.05) is 12.1 Å². The van der Waals surface area contributed by atoms with Crippen molar-refractivity contribution in [1.29, 1.82) is 0 Å². The molecule has 4 rings (SSSR count). The number of rotatable bonds is 6. The van der Waals surface area contributed by atoms with E-state index in [0.29, 0.717) is 12.8 Å². The van der Waals surface area contributed by atoms with Crippen molar-refractivity contribution >= 4 is 21.6 Å². The average molecular weight is 463 g/mol. The molecule has 32 heavy (non-hydrogen) atoms. The van der Waals surface area contributed by atoms with Gasteiger partial charge in [-0.3, -0.25) is 14.9 Å². The molecule has 0 aromatic heterocycles. The maximum atomic E-state index is 13.3. The molecule has 0 spiro atoms. The number of benzene rings is 2. The molecule has 1 saturated heterocycles. The zero-order valence-electron chi connectivity index (χ0n) is 17.4. The van der Waals surface area contributed by atoms with E-state index < -0.39 is 26.0 Å². The largest absolute Gasteiger partial charge is 0.490 e. The zero-order chi connectivity index (χ0) is 23.1. The predicted molar refractivity (Wildman–Crippen MR) is 112 cm³/mol. The Morgan fingerprint density at radius 2 is 1.72 bits per heavy atom. The molecule has 2 aromatic carbocycles. The van der Waals surface area contributed by atoms with Crippen LogP contribution in [0.25, 0.3) is 0 Å². The standard InChI is InChI=1S/C21H22FN3O6S/c1-31-19-7-6-17(14-18(19)25(27)28)32(29,30)24-12-10-23(11-13-24)20(26)21(8-9-21)15-2-4-16(22)5-3-15/h2-7,14H,8-13H2,1H3. The van der Waals surface area contributed by atoms with E-state index in [1.54, 1.807) is 17.0 Å². The van der Waals surface area contributed by atoms with Gasteiger partial charge in [0.05, 0.1) is 22.3 Å². The molecule has 0 bridgehead atoms. The molecule has 11 heteroatoms. The zero-order valence-corrected chi connectivity index (χ0v) is 18.2. The quantitative estimate of drug-likeness (QED) is 0.480. The lowest BCUT2D eigenvalue weighted by atomic mass is 9.94. The number of methoxy groups -OCH3 is 1. The van der Waals surface area contributed by atoms with Crippen molar-refractivity contribution in [3.63, 3.8) is 0 Å². The van der Waals surface area contributed by atoms with Crippen LogP contribution in [0.1, 0.15) is 18.4 Å². The molecule has 0 unspecified atom stereocenters. The van der Waals surface area contributed by atoms with E-state index in [1.165, 1.54) is 35.7 Å². The first-order valence-electron chi connectivity index (χ1n) is 10.1. The minimum atomic E-state index is -3.98. The number of nitrogens with zero attached hydrogens (tertiary/aromatic N) is 3. The van der Waals surface area contributed by atoms with Crippen LogP contribution in [0.5, 0.6) is 5.75 Å². The van der Waals surface area contributed by atoms with Crippen LogP contribution in [0, 0.1) is 15.9 Å². The number of carbonyl (C=O) groups excluding carboxylic acids is 1. The first kappa shape index (κ1) is 22.2. The molecular formula is C21H22FN3O6S. The second-order valence-corrected chi connectivity index (χ2v) is 9.81. The molecule has 170 valence electrons. The van der Waals surface area contributed by atoms with Gasteiger partial charge in [0, 0.05) is 32.2 Å². The fourth-order valence-corrected chi connectivity index (χ4v) is 5.52. The van der Waals surface area contributed by atoms with Gasteiger partial charge in [0.2, 0.25) is 15.9 Å². The molecule has 1 amide bonds. The summed E-state index contributed by atoms with van der Waals surface area (Å²) < 4.78 is 45.5. The molecule has 9 nitrogen and oxygen atoms in total. The normalized spacial score (nSPS) is 18.2. The highest BCUT2D eigenvalue weighted by Gasteiger charge is 2.53. The van der Waals surface area contributed by atoms with Crippen LogP contribution >= 0.6 is 0 Å². The summed E-state index contributed by atoms with van der Waals surface area (Å²) in [5.74, 6) is -0.476. The van der Waals surface area contributed by atoms with Crippen molar-refractivity contribution in [3.8, 4) is 5.75 Å². The van der Waals surface area contributed by atoms with Crippen LogP contribution in [0.2, 0.25) is 0 Å². The topological polar surface area (TPSA) is 110 Å². The van der Waals surface area contributed by atoms with Crippen LogP contribution in [0.15, 0.2) is 47.4 Å². The van der Waals surface area contributed by atoms with Crippen molar-refractivity contribution in [2.75, 3.05) is 33.3 Å². The SMILES string of the molecule is COc1ccc(S(=O)(=O)N2CCN(C(=O)C3(c4ccc(F)cc4)CC3)CC2)cc1[N+](=O)[O-]. The second kappa shape index (κ2) is 8.14. The van der Waals surface area contributed by atoms with Gasteiger partial charge in [0.25, 0.3) is 0 Å². The first-order chi connectivity index (χ1) is 15.2. The number of nitro groups is 1. The number of amides is 1. The summed E-state index contributed by atoms with van der Waals surface area (Å²) in [6.45, 7) is 0.569. The molecule has 1 aliphatic heterocycles. The summed E-state index contributed by atoms with van der Waals surface area (Å²) in [6.07, 6.45) is 1.34. The lowest BCUT2D eigenvalue weighted by Gasteiger charge is -2.36. The van der Waals surface area contributed by atoms with Gasteiger partial charge < -0.3 is 9.64 Å². The molecule has 2 fully saturated rings. The van der Waals surface area contributed by atoms with Gasteiger partial charge >= 0.3 is 5.69 Å². The van der Waals surface area contributed by atoms with Crippen LogP contribution in [-0.4, -0.2) is 61.7 Å². The molecule has 2 aliphatic rings. The van der Waals surface area contributed by atoms with Gasteiger partial charge in [0.1, 0.15) is 5.82 Å². The van der Waals surface area contributed by atoms with Gasteiger partial charge in [-0.15, -0.1) is 0 Å². The van der Waals surface area contributed by atoms with Crippen LogP contribution in [-0.2, 0) is 20.2 Å². The fraction of sp³-hybridized carbons (Fsp3) is 0.381. The summed E-state index contributed by atoms with van der Waals surface area (Å²) in [7, 11) is -2.71. The molecule has 0 N–H and O–H groups in total. The molecule has 0 radical (unpaired) electrons. The Labute approximate surface area is 184 Å². The Bertz CT molecular complexity index is 1160. The first-order valence-corrected chi connectivity index (χ1v) is 11.5. The second-order valence-electron chi connectivity index (χ2n) is 7.88. The van der Waals surface area contributed by atoms with E-state index >= 15 is 0 Å². The molecule has 1 heterocycles. The van der Waals surface area contributed by atoms with E-state index in [9.17, 15) is 27.7 Å². The smallest absolute Gasteiger partial charge is 0.312 e. The highest BCUT2D eigenvalue weighted by Crippen LogP contribution is 2.49. The number of hydrogen-bond acceptors (Lipinski definition) is 6. The van der Waals surface area contributed by atoms with Crippen LogP contribution < -0.4 is 4.74 Å². The fourth-order valence-electron chi connectivity index (χ4n) is 4.08. The molecule has 2 aromatic rings. The third-order valence-corrected chi connectivity index (χ3v) is 7.96. The van der Waals surface area contributed by atoms with Crippen molar-refractivity contribution in [2.24, 2.45) is 0 Å². The number of sulfonamides is 1. The molecular weight excluding hydrogens is 441 g/mol. The predicted octanol–water partition coefficient (Wildman–Crippen LogP) is 2.31. The number of piperazine rings is 1. The maximum Gasteiger partial charge on any atom is 0.312 e. The van der Waals surface area contributed by atoms with Crippen molar-refractivity contribution in [2.45, 2.75) is 23.2 Å². The minimum absolute atomic E-state index is 0.0279. The molecule has 1 saturated carbocycles. The van der Waals surface area contributed by atoms with Crippen molar-refractivity contribution < 1.29 is 27.3 Å². The summed E-state index contributed by atoms with van der Waals surface area (Å²) in [5, 5.41) is 11.2. The average Bonchev–Trinajstić information content (AvgIpc) is 3.60. The van der Waals surface area contributed by atoms with E-state index in [-0.39, 0.29) is 48.5 Å². The number of ether oxygens (including phenoxy) is 1. The summed E-state index contributed by atoms with van der Waals surface area (Å²) in [4.78, 5) is 25.1. The van der Waals surface area contributed by atoms with E-state index in [1.807, 2.05) is 0 Å². The Kier molecular flexibility index (Phi) is 5.63. The Morgan fingerprint density at radius 3 is 2.25 bits per heavy atom. The summed E-state index contributed by atoms with van der Waals surface area (Å²) in [6, 6.07) is 9.42. The molecule has 0 atom stereocenters. The number of halogens is 1. The highest BCUT2D eigenvalue weighted by atomic mass is 32.2.